The van der Waals surface area contributed by atoms with Crippen molar-refractivity contribution in [1.82, 2.24) is 20.1 Å². The Balaban J connectivity index is 1.26. The number of H-pyrrole nitrogens is 1. The van der Waals surface area contributed by atoms with Crippen LogP contribution in [0.15, 0.2) is 65.2 Å². The summed E-state index contributed by atoms with van der Waals surface area (Å²) in [7, 11) is 1.61. The molecule has 0 bridgehead atoms. The number of rotatable bonds is 6. The highest BCUT2D eigenvalue weighted by molar-refractivity contribution is 5.93. The van der Waals surface area contributed by atoms with E-state index in [9.17, 15) is 9.18 Å². The van der Waals surface area contributed by atoms with Gasteiger partial charge in [0.05, 0.1) is 24.9 Å². The van der Waals surface area contributed by atoms with Crippen molar-refractivity contribution in [3.05, 3.63) is 89.5 Å². The topological polar surface area (TPSA) is 84.2 Å². The van der Waals surface area contributed by atoms with Crippen LogP contribution in [0.5, 0.6) is 5.75 Å². The van der Waals surface area contributed by atoms with E-state index in [0.717, 1.165) is 29.7 Å². The van der Waals surface area contributed by atoms with Gasteiger partial charge < -0.3 is 14.1 Å². The highest BCUT2D eigenvalue weighted by Gasteiger charge is 2.29. The van der Waals surface area contributed by atoms with Gasteiger partial charge in [0.25, 0.3) is 5.91 Å². The minimum Gasteiger partial charge on any atom is -0.497 e. The van der Waals surface area contributed by atoms with Crippen molar-refractivity contribution >= 4 is 5.91 Å². The molecule has 0 spiro atoms. The summed E-state index contributed by atoms with van der Waals surface area (Å²) < 4.78 is 24.7. The molecule has 3 heterocycles. The number of amides is 1. The first-order valence-corrected chi connectivity index (χ1v) is 11.3. The third-order valence-electron chi connectivity index (χ3n) is 6.07. The van der Waals surface area contributed by atoms with E-state index in [1.54, 1.807) is 25.4 Å². The minimum absolute atomic E-state index is 0.0136. The number of methoxy groups -OCH3 is 1. The SMILES string of the molecule is COc1cccc(-c2cc(C(=O)N3CCC[C@@H](c4ncc(Cc5cccc(F)c5)o4)C3)[nH]n2)c1. The van der Waals surface area contributed by atoms with Crippen LogP contribution >= 0.6 is 0 Å². The van der Waals surface area contributed by atoms with Crippen molar-refractivity contribution in [3.63, 3.8) is 0 Å². The van der Waals surface area contributed by atoms with Crippen LogP contribution in [0, 0.1) is 5.82 Å². The average molecular weight is 461 g/mol. The Hall–Kier alpha value is -3.94. The molecular formula is C26H25FN4O3. The van der Waals surface area contributed by atoms with E-state index in [0.29, 0.717) is 42.5 Å². The van der Waals surface area contributed by atoms with Crippen molar-refractivity contribution in [2.24, 2.45) is 0 Å². The van der Waals surface area contributed by atoms with E-state index in [1.165, 1.54) is 12.1 Å². The number of aromatic nitrogens is 3. The van der Waals surface area contributed by atoms with Crippen LogP contribution in [0.25, 0.3) is 11.3 Å². The van der Waals surface area contributed by atoms with Crippen LogP contribution in [0.1, 0.15) is 46.5 Å². The number of ether oxygens (including phenoxy) is 1. The van der Waals surface area contributed by atoms with Crippen LogP contribution < -0.4 is 4.74 Å². The average Bonchev–Trinajstić information content (AvgIpc) is 3.54. The maximum Gasteiger partial charge on any atom is 0.271 e. The second kappa shape index (κ2) is 9.51. The first-order chi connectivity index (χ1) is 16.6. The van der Waals surface area contributed by atoms with E-state index >= 15 is 0 Å². The normalized spacial score (nSPS) is 15.9. The smallest absolute Gasteiger partial charge is 0.271 e. The second-order valence-corrected chi connectivity index (χ2v) is 8.46. The lowest BCUT2D eigenvalue weighted by atomic mass is 9.97. The third-order valence-corrected chi connectivity index (χ3v) is 6.07. The molecule has 2 aromatic heterocycles. The predicted molar refractivity (Wildman–Crippen MR) is 124 cm³/mol. The molecule has 1 saturated heterocycles. The van der Waals surface area contributed by atoms with Crippen molar-refractivity contribution in [2.75, 3.05) is 20.2 Å². The van der Waals surface area contributed by atoms with Gasteiger partial charge in [0.2, 0.25) is 0 Å². The Labute approximate surface area is 196 Å². The van der Waals surface area contributed by atoms with Gasteiger partial charge in [-0.15, -0.1) is 0 Å². The number of oxazole rings is 1. The predicted octanol–water partition coefficient (Wildman–Crippen LogP) is 4.82. The van der Waals surface area contributed by atoms with Gasteiger partial charge >= 0.3 is 0 Å². The van der Waals surface area contributed by atoms with Crippen LogP contribution in [-0.4, -0.2) is 46.2 Å². The number of likely N-dealkylation sites (tertiary alicyclic amines) is 1. The fraction of sp³-hybridized carbons (Fsp3) is 0.269. The van der Waals surface area contributed by atoms with E-state index in [2.05, 4.69) is 15.2 Å². The Morgan fingerprint density at radius 1 is 1.24 bits per heavy atom. The van der Waals surface area contributed by atoms with Gasteiger partial charge in [-0.3, -0.25) is 9.89 Å². The fourth-order valence-corrected chi connectivity index (χ4v) is 4.34. The number of carbonyl (C=O) groups excluding carboxylic acids is 1. The molecule has 0 radical (unpaired) electrons. The summed E-state index contributed by atoms with van der Waals surface area (Å²) in [6, 6.07) is 15.8. The Kier molecular flexibility index (Phi) is 6.12. The third kappa shape index (κ3) is 4.71. The van der Waals surface area contributed by atoms with Crippen LogP contribution in [0.2, 0.25) is 0 Å². The summed E-state index contributed by atoms with van der Waals surface area (Å²) in [5.41, 5.74) is 2.83. The molecule has 0 saturated carbocycles. The van der Waals surface area contributed by atoms with E-state index in [1.807, 2.05) is 35.2 Å². The van der Waals surface area contributed by atoms with Crippen molar-refractivity contribution < 1.29 is 18.3 Å². The molecule has 1 amide bonds. The largest absolute Gasteiger partial charge is 0.497 e. The standard InChI is InChI=1S/C26H25FN4O3/c1-33-21-9-3-6-18(13-21)23-14-24(30-29-23)26(32)31-10-4-7-19(16-31)25-28-15-22(34-25)12-17-5-2-8-20(27)11-17/h2-3,5-6,8-9,11,13-15,19H,4,7,10,12,16H2,1H3,(H,29,30)/t19-/m1/s1. The first kappa shape index (κ1) is 21.9. The number of aromatic amines is 1. The molecule has 5 rings (SSSR count). The summed E-state index contributed by atoms with van der Waals surface area (Å²) in [6.45, 7) is 1.19. The molecular weight excluding hydrogens is 435 g/mol. The van der Waals surface area contributed by atoms with Gasteiger partial charge in [0, 0.05) is 25.1 Å². The number of carbonyl (C=O) groups is 1. The molecule has 0 aliphatic carbocycles. The number of halogens is 1. The molecule has 1 fully saturated rings. The molecule has 1 N–H and O–H groups in total. The zero-order chi connectivity index (χ0) is 23.5. The zero-order valence-electron chi connectivity index (χ0n) is 18.8. The van der Waals surface area contributed by atoms with Crippen LogP contribution in [-0.2, 0) is 6.42 Å². The lowest BCUT2D eigenvalue weighted by Crippen LogP contribution is -2.39. The lowest BCUT2D eigenvalue weighted by molar-refractivity contribution is 0.0692. The van der Waals surface area contributed by atoms with Gasteiger partial charge in [-0.2, -0.15) is 5.10 Å². The van der Waals surface area contributed by atoms with Crippen molar-refractivity contribution in [2.45, 2.75) is 25.2 Å². The molecule has 174 valence electrons. The fourth-order valence-electron chi connectivity index (χ4n) is 4.34. The molecule has 0 unspecified atom stereocenters. The maximum atomic E-state index is 13.5. The molecule has 2 aromatic carbocycles. The molecule has 7 nitrogen and oxygen atoms in total. The van der Waals surface area contributed by atoms with Crippen LogP contribution in [0.4, 0.5) is 4.39 Å². The number of piperidine rings is 1. The number of hydrogen-bond donors (Lipinski definition) is 1. The molecule has 1 aliphatic rings. The number of nitrogens with one attached hydrogen (secondary N) is 1. The minimum atomic E-state index is -0.271. The Morgan fingerprint density at radius 2 is 2.12 bits per heavy atom. The zero-order valence-corrected chi connectivity index (χ0v) is 18.8. The van der Waals surface area contributed by atoms with Gasteiger partial charge in [0.1, 0.15) is 23.0 Å². The molecule has 4 aromatic rings. The van der Waals surface area contributed by atoms with Crippen molar-refractivity contribution in [1.29, 1.82) is 0 Å². The van der Waals surface area contributed by atoms with Gasteiger partial charge in [-0.25, -0.2) is 9.37 Å². The second-order valence-electron chi connectivity index (χ2n) is 8.46. The monoisotopic (exact) mass is 460 g/mol. The van der Waals surface area contributed by atoms with E-state index in [4.69, 9.17) is 9.15 Å². The summed E-state index contributed by atoms with van der Waals surface area (Å²) in [5, 5.41) is 7.20. The maximum absolute atomic E-state index is 13.5. The van der Waals surface area contributed by atoms with Gasteiger partial charge in [0.15, 0.2) is 5.89 Å². The van der Waals surface area contributed by atoms with Crippen molar-refractivity contribution in [3.8, 4) is 17.0 Å². The molecule has 34 heavy (non-hydrogen) atoms. The van der Waals surface area contributed by atoms with E-state index < -0.39 is 0 Å². The first-order valence-electron chi connectivity index (χ1n) is 11.3. The molecule has 1 atom stereocenters. The summed E-state index contributed by atoms with van der Waals surface area (Å²) in [4.78, 5) is 19.4. The van der Waals surface area contributed by atoms with Gasteiger partial charge in [-0.05, 0) is 48.7 Å². The van der Waals surface area contributed by atoms with E-state index in [-0.39, 0.29) is 17.6 Å². The van der Waals surface area contributed by atoms with Gasteiger partial charge in [-0.1, -0.05) is 24.3 Å². The quantitative estimate of drug-likeness (QED) is 0.446. The molecule has 8 heteroatoms. The highest BCUT2D eigenvalue weighted by atomic mass is 19.1. The highest BCUT2D eigenvalue weighted by Crippen LogP contribution is 2.29. The lowest BCUT2D eigenvalue weighted by Gasteiger charge is -2.30. The summed E-state index contributed by atoms with van der Waals surface area (Å²) >= 11 is 0. The van der Waals surface area contributed by atoms with Crippen LogP contribution in [0.3, 0.4) is 0 Å². The number of nitrogens with zero attached hydrogens (tertiary/aromatic N) is 3. The number of benzene rings is 2. The summed E-state index contributed by atoms with van der Waals surface area (Å²) in [6.07, 6.45) is 3.91. The number of hydrogen-bond acceptors (Lipinski definition) is 5. The Morgan fingerprint density at radius 3 is 2.97 bits per heavy atom. The molecule has 1 aliphatic heterocycles. The Bertz CT molecular complexity index is 1300. The summed E-state index contributed by atoms with van der Waals surface area (Å²) in [5.74, 6) is 1.67.